The SMILES string of the molecule is CC(C)c1nc2c(N(C)C)cccc2[nH]1. The quantitative estimate of drug-likeness (QED) is 0.813. The molecule has 0 unspecified atom stereocenters. The van der Waals surface area contributed by atoms with E-state index in [1.54, 1.807) is 0 Å². The lowest BCUT2D eigenvalue weighted by molar-refractivity contribution is 0.799. The van der Waals surface area contributed by atoms with Crippen LogP contribution in [0.25, 0.3) is 11.0 Å². The Bertz CT molecular complexity index is 469. The first-order valence-corrected chi connectivity index (χ1v) is 5.25. The standard InChI is InChI=1S/C12H17N3/c1-8(2)12-13-9-6-5-7-10(15(3)4)11(9)14-12/h5-8H,1-4H3,(H,13,14). The number of fused-ring (bicyclic) bond motifs is 1. The van der Waals surface area contributed by atoms with Crippen molar-refractivity contribution in [2.24, 2.45) is 0 Å². The molecule has 2 aromatic rings. The van der Waals surface area contributed by atoms with Crippen LogP contribution in [0.5, 0.6) is 0 Å². The maximum atomic E-state index is 4.64. The molecule has 1 aromatic heterocycles. The molecule has 0 aliphatic carbocycles. The summed E-state index contributed by atoms with van der Waals surface area (Å²) in [6.07, 6.45) is 0. The fourth-order valence-electron chi connectivity index (χ4n) is 1.67. The van der Waals surface area contributed by atoms with Crippen molar-refractivity contribution >= 4 is 16.7 Å². The van der Waals surface area contributed by atoms with Crippen LogP contribution >= 0.6 is 0 Å². The highest BCUT2D eigenvalue weighted by Crippen LogP contribution is 2.25. The number of aromatic amines is 1. The van der Waals surface area contributed by atoms with Gasteiger partial charge < -0.3 is 9.88 Å². The van der Waals surface area contributed by atoms with Gasteiger partial charge in [-0.25, -0.2) is 4.98 Å². The van der Waals surface area contributed by atoms with Crippen LogP contribution in [-0.4, -0.2) is 24.1 Å². The topological polar surface area (TPSA) is 31.9 Å². The Morgan fingerprint density at radius 1 is 1.27 bits per heavy atom. The molecule has 15 heavy (non-hydrogen) atoms. The summed E-state index contributed by atoms with van der Waals surface area (Å²) in [6.45, 7) is 4.29. The summed E-state index contributed by atoms with van der Waals surface area (Å²) in [4.78, 5) is 10.1. The van der Waals surface area contributed by atoms with Crippen LogP contribution in [0.3, 0.4) is 0 Å². The van der Waals surface area contributed by atoms with E-state index in [0.29, 0.717) is 5.92 Å². The van der Waals surface area contributed by atoms with Crippen molar-refractivity contribution < 1.29 is 0 Å². The lowest BCUT2D eigenvalue weighted by Gasteiger charge is -2.12. The van der Waals surface area contributed by atoms with Gasteiger partial charge >= 0.3 is 0 Å². The summed E-state index contributed by atoms with van der Waals surface area (Å²) in [5.41, 5.74) is 3.34. The van der Waals surface area contributed by atoms with Crippen LogP contribution in [0.15, 0.2) is 18.2 Å². The molecule has 2 rings (SSSR count). The van der Waals surface area contributed by atoms with E-state index in [9.17, 15) is 0 Å². The highest BCUT2D eigenvalue weighted by molar-refractivity contribution is 5.88. The molecule has 3 nitrogen and oxygen atoms in total. The summed E-state index contributed by atoms with van der Waals surface area (Å²) in [5.74, 6) is 1.49. The first kappa shape index (κ1) is 10.0. The van der Waals surface area contributed by atoms with Gasteiger partial charge in [-0.1, -0.05) is 19.9 Å². The molecule has 0 atom stereocenters. The van der Waals surface area contributed by atoms with Gasteiger partial charge in [0, 0.05) is 20.0 Å². The van der Waals surface area contributed by atoms with Crippen molar-refractivity contribution in [1.82, 2.24) is 9.97 Å². The molecular formula is C12H17N3. The largest absolute Gasteiger partial charge is 0.376 e. The predicted molar refractivity (Wildman–Crippen MR) is 64.5 cm³/mol. The van der Waals surface area contributed by atoms with E-state index in [0.717, 1.165) is 22.5 Å². The lowest BCUT2D eigenvalue weighted by Crippen LogP contribution is -2.08. The second-order valence-electron chi connectivity index (χ2n) is 4.34. The molecule has 0 radical (unpaired) electrons. The summed E-state index contributed by atoms with van der Waals surface area (Å²) < 4.78 is 0. The minimum atomic E-state index is 0.437. The number of aromatic nitrogens is 2. The number of nitrogens with one attached hydrogen (secondary N) is 1. The van der Waals surface area contributed by atoms with Crippen molar-refractivity contribution in [1.29, 1.82) is 0 Å². The molecule has 0 bridgehead atoms. The molecular weight excluding hydrogens is 186 g/mol. The third kappa shape index (κ3) is 1.69. The molecule has 0 amide bonds. The van der Waals surface area contributed by atoms with Crippen LogP contribution < -0.4 is 4.90 Å². The van der Waals surface area contributed by atoms with E-state index in [1.165, 1.54) is 0 Å². The molecule has 0 aliphatic heterocycles. The van der Waals surface area contributed by atoms with E-state index < -0.39 is 0 Å². The van der Waals surface area contributed by atoms with Gasteiger partial charge in [0.25, 0.3) is 0 Å². The molecule has 1 aromatic carbocycles. The van der Waals surface area contributed by atoms with Gasteiger partial charge in [0.1, 0.15) is 11.3 Å². The van der Waals surface area contributed by atoms with Gasteiger partial charge in [-0.3, -0.25) is 0 Å². The average molecular weight is 203 g/mol. The number of benzene rings is 1. The Hall–Kier alpha value is -1.51. The Morgan fingerprint density at radius 2 is 2.00 bits per heavy atom. The maximum absolute atomic E-state index is 4.64. The first-order chi connectivity index (χ1) is 7.09. The number of nitrogens with zero attached hydrogens (tertiary/aromatic N) is 2. The number of hydrogen-bond acceptors (Lipinski definition) is 2. The fraction of sp³-hybridized carbons (Fsp3) is 0.417. The van der Waals surface area contributed by atoms with Crippen molar-refractivity contribution in [3.8, 4) is 0 Å². The molecule has 1 N–H and O–H groups in total. The van der Waals surface area contributed by atoms with Crippen LogP contribution in [0, 0.1) is 0 Å². The number of H-pyrrole nitrogens is 1. The summed E-state index contributed by atoms with van der Waals surface area (Å²) in [6, 6.07) is 6.22. The minimum Gasteiger partial charge on any atom is -0.376 e. The first-order valence-electron chi connectivity index (χ1n) is 5.25. The third-order valence-corrected chi connectivity index (χ3v) is 2.54. The van der Waals surface area contributed by atoms with Gasteiger partial charge in [0.2, 0.25) is 0 Å². The molecule has 3 heteroatoms. The highest BCUT2D eigenvalue weighted by Gasteiger charge is 2.10. The monoisotopic (exact) mass is 203 g/mol. The molecule has 0 saturated heterocycles. The molecule has 0 saturated carbocycles. The zero-order valence-corrected chi connectivity index (χ0v) is 9.70. The van der Waals surface area contributed by atoms with Crippen LogP contribution in [-0.2, 0) is 0 Å². The van der Waals surface area contributed by atoms with E-state index in [1.807, 2.05) is 14.1 Å². The average Bonchev–Trinajstić information content (AvgIpc) is 2.60. The van der Waals surface area contributed by atoms with E-state index in [2.05, 4.69) is 46.9 Å². The van der Waals surface area contributed by atoms with Gasteiger partial charge in [-0.15, -0.1) is 0 Å². The summed E-state index contributed by atoms with van der Waals surface area (Å²) in [5, 5.41) is 0. The van der Waals surface area contributed by atoms with Crippen LogP contribution in [0.1, 0.15) is 25.6 Å². The second kappa shape index (κ2) is 3.57. The smallest absolute Gasteiger partial charge is 0.112 e. The van der Waals surface area contributed by atoms with Crippen molar-refractivity contribution in [3.05, 3.63) is 24.0 Å². The number of rotatable bonds is 2. The molecule has 1 heterocycles. The van der Waals surface area contributed by atoms with Crippen molar-refractivity contribution in [3.63, 3.8) is 0 Å². The summed E-state index contributed by atoms with van der Waals surface area (Å²) in [7, 11) is 4.08. The Kier molecular flexibility index (Phi) is 2.39. The minimum absolute atomic E-state index is 0.437. The van der Waals surface area contributed by atoms with Gasteiger partial charge in [0.05, 0.1) is 11.2 Å². The zero-order valence-electron chi connectivity index (χ0n) is 9.70. The third-order valence-electron chi connectivity index (χ3n) is 2.54. The second-order valence-corrected chi connectivity index (χ2v) is 4.34. The molecule has 0 aliphatic rings. The fourth-order valence-corrected chi connectivity index (χ4v) is 1.67. The Labute approximate surface area is 90.1 Å². The number of imidazole rings is 1. The molecule has 0 spiro atoms. The van der Waals surface area contributed by atoms with Gasteiger partial charge in [-0.05, 0) is 12.1 Å². The van der Waals surface area contributed by atoms with E-state index >= 15 is 0 Å². The van der Waals surface area contributed by atoms with Gasteiger partial charge in [-0.2, -0.15) is 0 Å². The highest BCUT2D eigenvalue weighted by atomic mass is 15.1. The number of hydrogen-bond donors (Lipinski definition) is 1. The number of anilines is 1. The maximum Gasteiger partial charge on any atom is 0.112 e. The normalized spacial score (nSPS) is 11.3. The zero-order chi connectivity index (χ0) is 11.0. The van der Waals surface area contributed by atoms with E-state index in [4.69, 9.17) is 0 Å². The Balaban J connectivity index is 2.64. The van der Waals surface area contributed by atoms with Crippen LogP contribution in [0.2, 0.25) is 0 Å². The van der Waals surface area contributed by atoms with Crippen molar-refractivity contribution in [2.45, 2.75) is 19.8 Å². The predicted octanol–water partition coefficient (Wildman–Crippen LogP) is 2.75. The van der Waals surface area contributed by atoms with Crippen molar-refractivity contribution in [2.75, 3.05) is 19.0 Å². The van der Waals surface area contributed by atoms with E-state index in [-0.39, 0.29) is 0 Å². The molecule has 80 valence electrons. The lowest BCUT2D eigenvalue weighted by atomic mass is 10.2. The number of para-hydroxylation sites is 1. The van der Waals surface area contributed by atoms with Crippen LogP contribution in [0.4, 0.5) is 5.69 Å². The molecule has 0 fully saturated rings. The van der Waals surface area contributed by atoms with Gasteiger partial charge in [0.15, 0.2) is 0 Å². The Morgan fingerprint density at radius 3 is 2.60 bits per heavy atom. The summed E-state index contributed by atoms with van der Waals surface area (Å²) >= 11 is 0.